The Balaban J connectivity index is 1.14. The van der Waals surface area contributed by atoms with Crippen molar-refractivity contribution in [2.45, 2.75) is 13.2 Å². The fraction of sp³-hybridized carbons (Fsp3) is 0.222. The summed E-state index contributed by atoms with van der Waals surface area (Å²) in [6.45, 7) is 3.80. The molecule has 174 valence electrons. The number of carbonyl (C=O) groups is 1. The highest BCUT2D eigenvalue weighted by Gasteiger charge is 2.24. The summed E-state index contributed by atoms with van der Waals surface area (Å²) in [6, 6.07) is 23.2. The predicted octanol–water partition coefficient (Wildman–Crippen LogP) is 6.28. The molecule has 0 saturated carbocycles. The Kier molecular flexibility index (Phi) is 6.77. The van der Waals surface area contributed by atoms with Crippen LogP contribution in [0.4, 0.5) is 0 Å². The molecule has 0 N–H and O–H groups in total. The Morgan fingerprint density at radius 1 is 0.882 bits per heavy atom. The lowest BCUT2D eigenvalue weighted by Gasteiger charge is -2.34. The summed E-state index contributed by atoms with van der Waals surface area (Å²) in [5.41, 5.74) is 1.04. The third-order valence-corrected chi connectivity index (χ3v) is 6.63. The van der Waals surface area contributed by atoms with E-state index in [4.69, 9.17) is 32.4 Å². The third-order valence-electron chi connectivity index (χ3n) is 6.04. The minimum absolute atomic E-state index is 0.0962. The van der Waals surface area contributed by atoms with Crippen LogP contribution in [-0.2, 0) is 13.2 Å². The van der Waals surface area contributed by atoms with Crippen LogP contribution in [0.5, 0.6) is 5.75 Å². The van der Waals surface area contributed by atoms with Crippen LogP contribution in [0, 0.1) is 0 Å². The molecule has 1 fully saturated rings. The standard InChI is InChI=1S/C27H24Cl2N2O3/c28-22-7-5-21(25(29)16-22)17-30-11-13-31(14-12-30)27(32)26-10-9-24(34-26)18-33-23-8-6-19-3-1-2-4-20(19)15-23/h1-10,15-16H,11-14,17-18H2. The van der Waals surface area contributed by atoms with E-state index < -0.39 is 0 Å². The zero-order chi connectivity index (χ0) is 23.5. The first kappa shape index (κ1) is 22.8. The summed E-state index contributed by atoms with van der Waals surface area (Å²) in [7, 11) is 0. The van der Waals surface area contributed by atoms with Crippen LogP contribution in [0.3, 0.4) is 0 Å². The van der Waals surface area contributed by atoms with Gasteiger partial charge in [0, 0.05) is 42.8 Å². The Bertz CT molecular complexity index is 1310. The van der Waals surface area contributed by atoms with Crippen molar-refractivity contribution in [3.8, 4) is 5.75 Å². The molecule has 0 radical (unpaired) electrons. The van der Waals surface area contributed by atoms with E-state index in [1.54, 1.807) is 18.2 Å². The van der Waals surface area contributed by atoms with Crippen molar-refractivity contribution in [1.82, 2.24) is 9.80 Å². The van der Waals surface area contributed by atoms with Crippen molar-refractivity contribution >= 4 is 39.9 Å². The summed E-state index contributed by atoms with van der Waals surface area (Å²) in [5, 5.41) is 3.58. The highest BCUT2D eigenvalue weighted by Crippen LogP contribution is 2.24. The molecule has 4 aromatic rings. The van der Waals surface area contributed by atoms with Crippen molar-refractivity contribution in [1.29, 1.82) is 0 Å². The van der Waals surface area contributed by atoms with Gasteiger partial charge in [0.15, 0.2) is 5.76 Å². The SMILES string of the molecule is O=C(c1ccc(COc2ccc3ccccc3c2)o1)N1CCN(Cc2ccc(Cl)cc2Cl)CC1. The van der Waals surface area contributed by atoms with Gasteiger partial charge in [-0.05, 0) is 52.7 Å². The molecule has 0 spiro atoms. The Labute approximate surface area is 208 Å². The lowest BCUT2D eigenvalue weighted by Crippen LogP contribution is -2.48. The molecule has 0 unspecified atom stereocenters. The first-order chi connectivity index (χ1) is 16.5. The number of halogens is 2. The van der Waals surface area contributed by atoms with E-state index in [2.05, 4.69) is 17.0 Å². The number of benzene rings is 3. The minimum Gasteiger partial charge on any atom is -0.486 e. The van der Waals surface area contributed by atoms with Gasteiger partial charge in [-0.2, -0.15) is 0 Å². The molecular formula is C27H24Cl2N2O3. The Morgan fingerprint density at radius 3 is 2.47 bits per heavy atom. The number of hydrogen-bond acceptors (Lipinski definition) is 4. The second-order valence-electron chi connectivity index (χ2n) is 8.37. The average molecular weight is 495 g/mol. The molecule has 7 heteroatoms. The van der Waals surface area contributed by atoms with Crippen LogP contribution in [0.15, 0.2) is 77.2 Å². The van der Waals surface area contributed by atoms with Crippen molar-refractivity contribution < 1.29 is 13.9 Å². The van der Waals surface area contributed by atoms with Gasteiger partial charge in [0.05, 0.1) is 0 Å². The van der Waals surface area contributed by atoms with Crippen molar-refractivity contribution in [3.63, 3.8) is 0 Å². The van der Waals surface area contributed by atoms with E-state index in [-0.39, 0.29) is 12.5 Å². The van der Waals surface area contributed by atoms with E-state index in [9.17, 15) is 4.79 Å². The Hall–Kier alpha value is -2.99. The molecule has 5 rings (SSSR count). The van der Waals surface area contributed by atoms with Gasteiger partial charge in [0.25, 0.3) is 5.91 Å². The zero-order valence-corrected chi connectivity index (χ0v) is 20.1. The maximum Gasteiger partial charge on any atom is 0.289 e. The van der Waals surface area contributed by atoms with Gasteiger partial charge in [0.2, 0.25) is 0 Å². The number of piperazine rings is 1. The topological polar surface area (TPSA) is 45.9 Å². The molecule has 3 aromatic carbocycles. The van der Waals surface area contributed by atoms with Crippen molar-refractivity contribution in [3.05, 3.63) is 99.9 Å². The van der Waals surface area contributed by atoms with Gasteiger partial charge in [0.1, 0.15) is 18.1 Å². The summed E-state index contributed by atoms with van der Waals surface area (Å²) in [4.78, 5) is 17.0. The van der Waals surface area contributed by atoms with E-state index in [1.165, 1.54) is 0 Å². The van der Waals surface area contributed by atoms with Crippen LogP contribution >= 0.6 is 23.2 Å². The molecule has 0 aliphatic carbocycles. The molecule has 1 amide bonds. The molecule has 2 heterocycles. The smallest absolute Gasteiger partial charge is 0.289 e. The fourth-order valence-corrected chi connectivity index (χ4v) is 4.61. The van der Waals surface area contributed by atoms with Gasteiger partial charge in [-0.25, -0.2) is 0 Å². The predicted molar refractivity (Wildman–Crippen MR) is 135 cm³/mol. The van der Waals surface area contributed by atoms with Crippen molar-refractivity contribution in [2.24, 2.45) is 0 Å². The molecule has 1 aromatic heterocycles. The highest BCUT2D eigenvalue weighted by molar-refractivity contribution is 6.35. The number of furan rings is 1. The van der Waals surface area contributed by atoms with Crippen LogP contribution in [-0.4, -0.2) is 41.9 Å². The molecule has 0 atom stereocenters. The molecule has 1 saturated heterocycles. The van der Waals surface area contributed by atoms with Gasteiger partial charge >= 0.3 is 0 Å². The second kappa shape index (κ2) is 10.1. The van der Waals surface area contributed by atoms with E-state index >= 15 is 0 Å². The first-order valence-corrected chi connectivity index (χ1v) is 12.0. The number of ether oxygens (including phenoxy) is 1. The monoisotopic (exact) mass is 494 g/mol. The van der Waals surface area contributed by atoms with Gasteiger partial charge in [-0.1, -0.05) is 59.6 Å². The number of hydrogen-bond donors (Lipinski definition) is 0. The zero-order valence-electron chi connectivity index (χ0n) is 18.5. The average Bonchev–Trinajstić information content (AvgIpc) is 3.33. The summed E-state index contributed by atoms with van der Waals surface area (Å²) >= 11 is 12.3. The lowest BCUT2D eigenvalue weighted by molar-refractivity contribution is 0.0594. The Morgan fingerprint density at radius 2 is 1.68 bits per heavy atom. The maximum absolute atomic E-state index is 12.9. The van der Waals surface area contributed by atoms with Gasteiger partial charge in [-0.3, -0.25) is 9.69 Å². The van der Waals surface area contributed by atoms with Crippen LogP contribution in [0.2, 0.25) is 10.0 Å². The molecule has 0 bridgehead atoms. The number of nitrogens with zero attached hydrogens (tertiary/aromatic N) is 2. The maximum atomic E-state index is 12.9. The fourth-order valence-electron chi connectivity index (χ4n) is 4.14. The summed E-state index contributed by atoms with van der Waals surface area (Å²) in [6.07, 6.45) is 0. The van der Waals surface area contributed by atoms with Crippen LogP contribution in [0.25, 0.3) is 10.8 Å². The van der Waals surface area contributed by atoms with Crippen LogP contribution < -0.4 is 4.74 Å². The third kappa shape index (κ3) is 5.22. The molecule has 1 aliphatic heterocycles. The van der Waals surface area contributed by atoms with E-state index in [1.807, 2.05) is 47.4 Å². The highest BCUT2D eigenvalue weighted by atomic mass is 35.5. The largest absolute Gasteiger partial charge is 0.486 e. The molecule has 1 aliphatic rings. The normalized spacial score (nSPS) is 14.5. The van der Waals surface area contributed by atoms with E-state index in [0.29, 0.717) is 34.7 Å². The molecule has 5 nitrogen and oxygen atoms in total. The summed E-state index contributed by atoms with van der Waals surface area (Å²) < 4.78 is 11.7. The quantitative estimate of drug-likeness (QED) is 0.316. The van der Waals surface area contributed by atoms with Crippen molar-refractivity contribution in [2.75, 3.05) is 26.2 Å². The van der Waals surface area contributed by atoms with Gasteiger partial charge < -0.3 is 14.1 Å². The number of carbonyl (C=O) groups excluding carboxylic acids is 1. The number of rotatable bonds is 6. The first-order valence-electron chi connectivity index (χ1n) is 11.2. The second-order valence-corrected chi connectivity index (χ2v) is 9.21. The number of amides is 1. The lowest BCUT2D eigenvalue weighted by atomic mass is 10.1. The van der Waals surface area contributed by atoms with Gasteiger partial charge in [-0.15, -0.1) is 0 Å². The molecule has 34 heavy (non-hydrogen) atoms. The minimum atomic E-state index is -0.0962. The van der Waals surface area contributed by atoms with Crippen LogP contribution in [0.1, 0.15) is 21.9 Å². The molecular weight excluding hydrogens is 471 g/mol. The number of fused-ring (bicyclic) bond motifs is 1. The van der Waals surface area contributed by atoms with E-state index in [0.717, 1.165) is 41.7 Å². The summed E-state index contributed by atoms with van der Waals surface area (Å²) in [5.74, 6) is 1.62.